The van der Waals surface area contributed by atoms with Crippen LogP contribution in [0.2, 0.25) is 0 Å². The number of rotatable bonds is 1. The normalized spacial score (nSPS) is 15.3. The molecule has 1 aromatic carbocycles. The van der Waals surface area contributed by atoms with Gasteiger partial charge in [0.1, 0.15) is 0 Å². The first-order valence-corrected chi connectivity index (χ1v) is 5.40. The van der Waals surface area contributed by atoms with Gasteiger partial charge in [-0.15, -0.1) is 0 Å². The summed E-state index contributed by atoms with van der Waals surface area (Å²) in [5.41, 5.74) is 0.812. The second-order valence-electron chi connectivity index (χ2n) is 3.16. The van der Waals surface area contributed by atoms with Crippen molar-refractivity contribution >= 4 is 28.5 Å². The number of hydrogen-bond acceptors (Lipinski definition) is 1. The topological polar surface area (TPSA) is 20.3 Å². The fourth-order valence-corrected chi connectivity index (χ4v) is 1.87. The number of nitrogens with zero attached hydrogens (tertiary/aromatic N) is 1. The Bertz CT molecular complexity index is 333. The zero-order valence-electron chi connectivity index (χ0n) is 7.16. The largest absolute Gasteiger partial charge is 0.339 e. The van der Waals surface area contributed by atoms with Gasteiger partial charge in [0.2, 0.25) is 0 Å². The number of amides is 1. The molecule has 0 aliphatic carbocycles. The van der Waals surface area contributed by atoms with Crippen molar-refractivity contribution in [3.05, 3.63) is 33.4 Å². The Kier molecular flexibility index (Phi) is 2.53. The zero-order valence-corrected chi connectivity index (χ0v) is 9.32. The van der Waals surface area contributed by atoms with Crippen LogP contribution >= 0.6 is 22.6 Å². The number of carbonyl (C=O) groups is 1. The lowest BCUT2D eigenvalue weighted by molar-refractivity contribution is 0.0652. The van der Waals surface area contributed by atoms with Crippen LogP contribution in [0.15, 0.2) is 24.3 Å². The van der Waals surface area contributed by atoms with Crippen molar-refractivity contribution in [1.29, 1.82) is 0 Å². The number of benzene rings is 1. The molecule has 68 valence electrons. The first-order chi connectivity index (χ1) is 6.27. The van der Waals surface area contributed by atoms with Crippen LogP contribution in [0.3, 0.4) is 0 Å². The monoisotopic (exact) mass is 287 g/mol. The van der Waals surface area contributed by atoms with Crippen LogP contribution < -0.4 is 0 Å². The minimum Gasteiger partial charge on any atom is -0.339 e. The number of hydrogen-bond donors (Lipinski definition) is 0. The van der Waals surface area contributed by atoms with Crippen LogP contribution in [0.4, 0.5) is 0 Å². The maximum atomic E-state index is 11.7. The summed E-state index contributed by atoms with van der Waals surface area (Å²) in [6.45, 7) is 1.84. The molecule has 0 aromatic heterocycles. The molecule has 3 heteroatoms. The molecule has 0 radical (unpaired) electrons. The molecule has 0 spiro atoms. The quantitative estimate of drug-likeness (QED) is 0.725. The van der Waals surface area contributed by atoms with Crippen LogP contribution in [0.5, 0.6) is 0 Å². The van der Waals surface area contributed by atoms with E-state index in [1.165, 1.54) is 0 Å². The Morgan fingerprint density at radius 3 is 2.69 bits per heavy atom. The van der Waals surface area contributed by atoms with E-state index in [1.807, 2.05) is 29.2 Å². The van der Waals surface area contributed by atoms with E-state index in [2.05, 4.69) is 22.6 Å². The molecule has 1 amide bonds. The molecule has 1 fully saturated rings. The van der Waals surface area contributed by atoms with Crippen molar-refractivity contribution in [2.75, 3.05) is 13.1 Å². The predicted molar refractivity (Wildman–Crippen MR) is 59.7 cm³/mol. The fraction of sp³-hybridized carbons (Fsp3) is 0.300. The van der Waals surface area contributed by atoms with Gasteiger partial charge in [-0.1, -0.05) is 6.07 Å². The van der Waals surface area contributed by atoms with E-state index >= 15 is 0 Å². The van der Waals surface area contributed by atoms with Gasteiger partial charge in [-0.2, -0.15) is 0 Å². The maximum absolute atomic E-state index is 11.7. The summed E-state index contributed by atoms with van der Waals surface area (Å²) in [6, 6.07) is 7.73. The van der Waals surface area contributed by atoms with Gasteiger partial charge in [-0.3, -0.25) is 4.79 Å². The zero-order chi connectivity index (χ0) is 9.26. The van der Waals surface area contributed by atoms with Gasteiger partial charge in [0.05, 0.1) is 0 Å². The number of carbonyl (C=O) groups excluding carboxylic acids is 1. The summed E-state index contributed by atoms with van der Waals surface area (Å²) >= 11 is 2.22. The first kappa shape index (κ1) is 8.99. The molecule has 1 aliphatic heterocycles. The second kappa shape index (κ2) is 3.65. The SMILES string of the molecule is O=C(c1cccc(I)c1)N1CCC1. The first-order valence-electron chi connectivity index (χ1n) is 4.32. The molecule has 1 aromatic rings. The second-order valence-corrected chi connectivity index (χ2v) is 4.40. The molecule has 1 aliphatic rings. The van der Waals surface area contributed by atoms with Gasteiger partial charge < -0.3 is 4.90 Å². The van der Waals surface area contributed by atoms with E-state index in [-0.39, 0.29) is 5.91 Å². The summed E-state index contributed by atoms with van der Waals surface area (Å²) in [7, 11) is 0. The minimum absolute atomic E-state index is 0.171. The molecule has 1 heterocycles. The lowest BCUT2D eigenvalue weighted by Gasteiger charge is -2.30. The van der Waals surface area contributed by atoms with Crippen molar-refractivity contribution < 1.29 is 4.79 Å². The number of likely N-dealkylation sites (tertiary alicyclic amines) is 1. The third-order valence-electron chi connectivity index (χ3n) is 2.21. The summed E-state index contributed by atoms with van der Waals surface area (Å²) in [5, 5.41) is 0. The fourth-order valence-electron chi connectivity index (χ4n) is 1.32. The molecule has 0 N–H and O–H groups in total. The van der Waals surface area contributed by atoms with Gasteiger partial charge >= 0.3 is 0 Å². The Morgan fingerprint density at radius 2 is 2.15 bits per heavy atom. The van der Waals surface area contributed by atoms with Crippen LogP contribution in [0, 0.1) is 3.57 Å². The summed E-state index contributed by atoms with van der Waals surface area (Å²) < 4.78 is 1.11. The van der Waals surface area contributed by atoms with Crippen LogP contribution in [0.1, 0.15) is 16.8 Å². The van der Waals surface area contributed by atoms with E-state index in [9.17, 15) is 4.79 Å². The van der Waals surface area contributed by atoms with E-state index < -0.39 is 0 Å². The standard InChI is InChI=1S/C10H10INO/c11-9-4-1-3-8(7-9)10(13)12-5-2-6-12/h1,3-4,7H,2,5-6H2. The summed E-state index contributed by atoms with van der Waals surface area (Å²) in [5.74, 6) is 0.171. The highest BCUT2D eigenvalue weighted by atomic mass is 127. The summed E-state index contributed by atoms with van der Waals surface area (Å²) in [4.78, 5) is 13.6. The van der Waals surface area contributed by atoms with Gasteiger partial charge in [-0.25, -0.2) is 0 Å². The lowest BCUT2D eigenvalue weighted by Crippen LogP contribution is -2.42. The van der Waals surface area contributed by atoms with Gasteiger partial charge in [0.15, 0.2) is 0 Å². The maximum Gasteiger partial charge on any atom is 0.253 e. The molecule has 13 heavy (non-hydrogen) atoms. The molecule has 2 rings (SSSR count). The molecule has 0 atom stereocenters. The van der Waals surface area contributed by atoms with Crippen LogP contribution in [0.25, 0.3) is 0 Å². The lowest BCUT2D eigenvalue weighted by atomic mass is 10.1. The average molecular weight is 287 g/mol. The molecule has 0 unspecified atom stereocenters. The van der Waals surface area contributed by atoms with E-state index in [0.717, 1.165) is 28.6 Å². The Hall–Kier alpha value is -0.580. The molecule has 1 saturated heterocycles. The Labute approximate surface area is 91.1 Å². The molecule has 0 bridgehead atoms. The van der Waals surface area contributed by atoms with E-state index in [1.54, 1.807) is 0 Å². The molecular formula is C10H10INO. The molecule has 0 saturated carbocycles. The van der Waals surface area contributed by atoms with Crippen molar-refractivity contribution in [3.63, 3.8) is 0 Å². The molecular weight excluding hydrogens is 277 g/mol. The summed E-state index contributed by atoms with van der Waals surface area (Å²) in [6.07, 6.45) is 1.15. The average Bonchev–Trinajstić information content (AvgIpc) is 2.01. The highest BCUT2D eigenvalue weighted by molar-refractivity contribution is 14.1. The van der Waals surface area contributed by atoms with Crippen LogP contribution in [-0.4, -0.2) is 23.9 Å². The van der Waals surface area contributed by atoms with Crippen LogP contribution in [-0.2, 0) is 0 Å². The highest BCUT2D eigenvalue weighted by Gasteiger charge is 2.21. The predicted octanol–water partition coefficient (Wildman–Crippen LogP) is 2.14. The van der Waals surface area contributed by atoms with E-state index in [0.29, 0.717) is 0 Å². The third-order valence-corrected chi connectivity index (χ3v) is 2.89. The van der Waals surface area contributed by atoms with Crippen molar-refractivity contribution in [2.24, 2.45) is 0 Å². The number of halogens is 1. The van der Waals surface area contributed by atoms with Crippen molar-refractivity contribution in [3.8, 4) is 0 Å². The van der Waals surface area contributed by atoms with Gasteiger partial charge in [-0.05, 0) is 47.2 Å². The van der Waals surface area contributed by atoms with E-state index in [4.69, 9.17) is 0 Å². The van der Waals surface area contributed by atoms with Crippen molar-refractivity contribution in [1.82, 2.24) is 4.90 Å². The minimum atomic E-state index is 0.171. The Balaban J connectivity index is 2.19. The smallest absolute Gasteiger partial charge is 0.253 e. The molecule has 2 nitrogen and oxygen atoms in total. The highest BCUT2D eigenvalue weighted by Crippen LogP contribution is 2.14. The van der Waals surface area contributed by atoms with Gasteiger partial charge in [0, 0.05) is 22.2 Å². The third kappa shape index (κ3) is 1.85. The Morgan fingerprint density at radius 1 is 1.38 bits per heavy atom. The van der Waals surface area contributed by atoms with Crippen molar-refractivity contribution in [2.45, 2.75) is 6.42 Å². The van der Waals surface area contributed by atoms with Gasteiger partial charge in [0.25, 0.3) is 5.91 Å².